The number of esters is 1. The van der Waals surface area contributed by atoms with Crippen LogP contribution in [0.1, 0.15) is 27.9 Å². The van der Waals surface area contributed by atoms with Crippen LogP contribution >= 0.6 is 0 Å². The monoisotopic (exact) mass is 407 g/mol. The largest absolute Gasteiger partial charge is 0.593 e. The van der Waals surface area contributed by atoms with Crippen molar-refractivity contribution in [1.29, 1.82) is 0 Å². The number of hydrogen-bond acceptors (Lipinski definition) is 9. The number of pyridine rings is 1. The van der Waals surface area contributed by atoms with E-state index in [2.05, 4.69) is 9.71 Å². The third kappa shape index (κ3) is 5.74. The molecule has 0 aliphatic heterocycles. The van der Waals surface area contributed by atoms with Gasteiger partial charge in [-0.1, -0.05) is 12.1 Å². The number of nitrogens with zero attached hydrogens (tertiary/aromatic N) is 2. The summed E-state index contributed by atoms with van der Waals surface area (Å²) in [4.78, 5) is 37.0. The molecule has 148 valence electrons. The van der Waals surface area contributed by atoms with Crippen molar-refractivity contribution >= 4 is 29.3 Å². The van der Waals surface area contributed by atoms with E-state index in [-0.39, 0.29) is 47.5 Å². The molecule has 0 saturated carbocycles. The van der Waals surface area contributed by atoms with Gasteiger partial charge in [-0.3, -0.25) is 14.9 Å². The third-order valence-electron chi connectivity index (χ3n) is 3.29. The zero-order valence-electron chi connectivity index (χ0n) is 14.8. The van der Waals surface area contributed by atoms with Gasteiger partial charge in [0.1, 0.15) is 18.1 Å². The molecule has 0 radical (unpaired) electrons. The van der Waals surface area contributed by atoms with Crippen LogP contribution in [0, 0.1) is 10.1 Å². The zero-order chi connectivity index (χ0) is 20.5. The second-order valence-electron chi connectivity index (χ2n) is 5.19. The first-order valence-corrected chi connectivity index (χ1v) is 9.27. The molecule has 1 N–H and O–H groups in total. The summed E-state index contributed by atoms with van der Waals surface area (Å²) in [5.41, 5.74) is -0.326. The highest BCUT2D eigenvalue weighted by molar-refractivity contribution is 7.89. The number of para-hydroxylation sites is 1. The third-order valence-corrected chi connectivity index (χ3v) is 4.50. The lowest BCUT2D eigenvalue weighted by Gasteiger charge is -2.12. The minimum absolute atomic E-state index is 0.00278. The molecule has 1 unspecified atom stereocenters. The Morgan fingerprint density at radius 1 is 1.36 bits per heavy atom. The highest BCUT2D eigenvalue weighted by Crippen LogP contribution is 2.22. The van der Waals surface area contributed by atoms with Crippen molar-refractivity contribution in [2.75, 3.05) is 19.8 Å². The predicted octanol–water partition coefficient (Wildman–Crippen LogP) is 1.67. The number of nitro groups is 1. The van der Waals surface area contributed by atoms with Crippen LogP contribution in [0.2, 0.25) is 0 Å². The number of nitro benzene ring substituents is 1. The number of carbonyl (C=O) groups excluding carboxylic acids is 2. The SMILES string of the molecule is CCOC(=O)c1cc(OCCN[S+]([O-])c2ccccc2[N+](=O)[O-])cc(C=O)n1. The van der Waals surface area contributed by atoms with E-state index in [0.717, 1.165) is 0 Å². The van der Waals surface area contributed by atoms with Gasteiger partial charge in [0.05, 0.1) is 29.4 Å². The molecule has 2 aromatic rings. The minimum Gasteiger partial charge on any atom is -0.593 e. The van der Waals surface area contributed by atoms with Crippen molar-refractivity contribution in [3.63, 3.8) is 0 Å². The average molecular weight is 407 g/mol. The molecular weight excluding hydrogens is 390 g/mol. The van der Waals surface area contributed by atoms with Crippen LogP contribution in [-0.4, -0.2) is 46.5 Å². The van der Waals surface area contributed by atoms with E-state index in [1.807, 2.05) is 0 Å². The van der Waals surface area contributed by atoms with Crippen LogP contribution < -0.4 is 9.46 Å². The van der Waals surface area contributed by atoms with Gasteiger partial charge in [-0.25, -0.2) is 9.78 Å². The van der Waals surface area contributed by atoms with Crippen LogP contribution in [0.4, 0.5) is 5.69 Å². The van der Waals surface area contributed by atoms with Gasteiger partial charge in [-0.15, -0.1) is 4.72 Å². The molecular formula is C17H17N3O7S. The summed E-state index contributed by atoms with van der Waals surface area (Å²) in [6.07, 6.45) is 0.470. The first kappa shape index (κ1) is 21.3. The van der Waals surface area contributed by atoms with Crippen LogP contribution in [-0.2, 0) is 16.1 Å². The summed E-state index contributed by atoms with van der Waals surface area (Å²) in [6, 6.07) is 8.36. The van der Waals surface area contributed by atoms with Gasteiger partial charge >= 0.3 is 11.7 Å². The Labute approximate surface area is 163 Å². The van der Waals surface area contributed by atoms with Crippen LogP contribution in [0.15, 0.2) is 41.3 Å². The quantitative estimate of drug-likeness (QED) is 0.155. The van der Waals surface area contributed by atoms with Crippen LogP contribution in [0.5, 0.6) is 5.75 Å². The van der Waals surface area contributed by atoms with E-state index >= 15 is 0 Å². The van der Waals surface area contributed by atoms with Gasteiger partial charge in [-0.2, -0.15) is 0 Å². The zero-order valence-corrected chi connectivity index (χ0v) is 15.6. The van der Waals surface area contributed by atoms with Gasteiger partial charge < -0.3 is 14.0 Å². The molecule has 0 saturated heterocycles. The van der Waals surface area contributed by atoms with Crippen molar-refractivity contribution in [1.82, 2.24) is 9.71 Å². The number of rotatable bonds is 10. The summed E-state index contributed by atoms with van der Waals surface area (Å²) in [6.45, 7) is 1.91. The Morgan fingerprint density at radius 3 is 2.79 bits per heavy atom. The highest BCUT2D eigenvalue weighted by atomic mass is 32.2. The molecule has 1 aromatic carbocycles. The standard InChI is InChI=1S/C17H17N3O7S/c1-2-26-17(22)14-10-13(9-12(11-21)19-14)27-8-7-18-28(25)16-6-4-3-5-15(16)20(23)24/h3-6,9-11,18H,2,7-8H2,1H3. The summed E-state index contributed by atoms with van der Waals surface area (Å²) in [5, 5.41) is 11.0. The van der Waals surface area contributed by atoms with E-state index in [4.69, 9.17) is 9.47 Å². The molecule has 0 fully saturated rings. The Kier molecular flexibility index (Phi) is 7.87. The Morgan fingerprint density at radius 2 is 2.11 bits per heavy atom. The lowest BCUT2D eigenvalue weighted by Crippen LogP contribution is -2.28. The predicted molar refractivity (Wildman–Crippen MR) is 98.6 cm³/mol. The van der Waals surface area contributed by atoms with E-state index in [9.17, 15) is 24.3 Å². The van der Waals surface area contributed by atoms with Gasteiger partial charge in [-0.05, 0) is 6.92 Å². The Hall–Kier alpha value is -3.02. The van der Waals surface area contributed by atoms with Crippen molar-refractivity contribution < 1.29 is 28.5 Å². The highest BCUT2D eigenvalue weighted by Gasteiger charge is 2.24. The first-order valence-electron chi connectivity index (χ1n) is 8.12. The van der Waals surface area contributed by atoms with Gasteiger partial charge in [0, 0.05) is 24.3 Å². The van der Waals surface area contributed by atoms with Crippen molar-refractivity contribution in [2.24, 2.45) is 0 Å². The van der Waals surface area contributed by atoms with Gasteiger partial charge in [0.15, 0.2) is 12.0 Å². The minimum atomic E-state index is -1.81. The fourth-order valence-electron chi connectivity index (χ4n) is 2.12. The number of aromatic nitrogens is 1. The van der Waals surface area contributed by atoms with E-state index in [1.165, 1.54) is 30.3 Å². The number of benzene rings is 1. The molecule has 0 aliphatic rings. The molecule has 11 heteroatoms. The molecule has 1 heterocycles. The fraction of sp³-hybridized carbons (Fsp3) is 0.235. The maximum atomic E-state index is 12.2. The number of aldehydes is 1. The lowest BCUT2D eigenvalue weighted by molar-refractivity contribution is -0.387. The fourth-order valence-corrected chi connectivity index (χ4v) is 3.08. The molecule has 1 aromatic heterocycles. The second kappa shape index (κ2) is 10.3. The first-order chi connectivity index (χ1) is 13.5. The van der Waals surface area contributed by atoms with E-state index in [1.54, 1.807) is 13.0 Å². The molecule has 0 amide bonds. The van der Waals surface area contributed by atoms with E-state index < -0.39 is 22.3 Å². The summed E-state index contributed by atoms with van der Waals surface area (Å²) in [7, 11) is 0. The molecule has 0 spiro atoms. The second-order valence-corrected chi connectivity index (χ2v) is 6.45. The Balaban J connectivity index is 1.96. The maximum absolute atomic E-state index is 12.2. The molecule has 0 aliphatic carbocycles. The molecule has 28 heavy (non-hydrogen) atoms. The van der Waals surface area contributed by atoms with Crippen molar-refractivity contribution in [2.45, 2.75) is 11.8 Å². The molecule has 2 rings (SSSR count). The number of hydrogen-bond donors (Lipinski definition) is 1. The number of ether oxygens (including phenoxy) is 2. The Bertz CT molecular complexity index is 862. The summed E-state index contributed by atoms with van der Waals surface area (Å²) >= 11 is -1.81. The normalized spacial score (nSPS) is 11.5. The van der Waals surface area contributed by atoms with Crippen molar-refractivity contribution in [3.05, 3.63) is 57.9 Å². The lowest BCUT2D eigenvalue weighted by atomic mass is 10.3. The topological polar surface area (TPSA) is 144 Å². The molecule has 1 atom stereocenters. The van der Waals surface area contributed by atoms with Crippen LogP contribution in [0.25, 0.3) is 0 Å². The number of nitrogens with one attached hydrogen (secondary N) is 1. The molecule has 10 nitrogen and oxygen atoms in total. The smallest absolute Gasteiger partial charge is 0.357 e. The van der Waals surface area contributed by atoms with Crippen molar-refractivity contribution in [3.8, 4) is 5.75 Å². The summed E-state index contributed by atoms with van der Waals surface area (Å²) in [5.74, 6) is -0.481. The average Bonchev–Trinajstić information content (AvgIpc) is 2.70. The number of carbonyl (C=O) groups is 2. The van der Waals surface area contributed by atoms with Crippen LogP contribution in [0.3, 0.4) is 0 Å². The maximum Gasteiger partial charge on any atom is 0.357 e. The summed E-state index contributed by atoms with van der Waals surface area (Å²) < 4.78 is 25.1. The van der Waals surface area contributed by atoms with Gasteiger partial charge in [0.2, 0.25) is 0 Å². The van der Waals surface area contributed by atoms with Gasteiger partial charge in [0.25, 0.3) is 4.90 Å². The molecule has 0 bridgehead atoms. The van der Waals surface area contributed by atoms with E-state index in [0.29, 0.717) is 6.29 Å².